The lowest BCUT2D eigenvalue weighted by Gasteiger charge is -2.23. The first-order valence-electron chi connectivity index (χ1n) is 14.7. The van der Waals surface area contributed by atoms with Gasteiger partial charge in [-0.05, 0) is 71.7 Å². The van der Waals surface area contributed by atoms with Crippen LogP contribution in [0.25, 0.3) is 16.8 Å². The van der Waals surface area contributed by atoms with E-state index in [4.69, 9.17) is 18.9 Å². The van der Waals surface area contributed by atoms with Crippen LogP contribution in [0.4, 0.5) is 0 Å². The molecular formula is C36H32N2O6S. The van der Waals surface area contributed by atoms with Crippen LogP contribution < -0.4 is 29.1 Å². The second-order valence-electron chi connectivity index (χ2n) is 10.2. The van der Waals surface area contributed by atoms with Gasteiger partial charge in [0.1, 0.15) is 12.4 Å². The van der Waals surface area contributed by atoms with Crippen molar-refractivity contribution in [1.82, 2.24) is 4.57 Å². The average Bonchev–Trinajstić information content (AvgIpc) is 3.38. The summed E-state index contributed by atoms with van der Waals surface area (Å²) < 4.78 is 24.8. The van der Waals surface area contributed by atoms with Crippen molar-refractivity contribution in [2.75, 3.05) is 20.3 Å². The number of ether oxygens (including phenoxy) is 4. The Balaban J connectivity index is 1.35. The number of hydrogen-bond acceptors (Lipinski definition) is 8. The molecule has 8 nitrogen and oxygen atoms in total. The molecule has 0 bridgehead atoms. The van der Waals surface area contributed by atoms with E-state index in [2.05, 4.69) is 29.3 Å². The fourth-order valence-corrected chi connectivity index (χ4v) is 6.38. The maximum atomic E-state index is 14.0. The summed E-state index contributed by atoms with van der Waals surface area (Å²) in [5.41, 5.74) is 2.54. The summed E-state index contributed by atoms with van der Waals surface area (Å²) in [5.74, 6) is 1.23. The summed E-state index contributed by atoms with van der Waals surface area (Å²) in [6, 6.07) is 26.7. The van der Waals surface area contributed by atoms with E-state index in [1.165, 1.54) is 29.2 Å². The third kappa shape index (κ3) is 6.12. The highest BCUT2D eigenvalue weighted by atomic mass is 32.1. The molecule has 0 aliphatic carbocycles. The predicted octanol–water partition coefficient (Wildman–Crippen LogP) is 5.55. The van der Waals surface area contributed by atoms with Gasteiger partial charge in [0.15, 0.2) is 16.3 Å². The second-order valence-corrected chi connectivity index (χ2v) is 11.3. The fourth-order valence-electron chi connectivity index (χ4n) is 5.41. The van der Waals surface area contributed by atoms with Gasteiger partial charge in [-0.3, -0.25) is 9.36 Å². The van der Waals surface area contributed by atoms with Crippen LogP contribution in [0, 0.1) is 0 Å². The first kappa shape index (κ1) is 29.9. The maximum absolute atomic E-state index is 14.0. The Kier molecular flexibility index (Phi) is 8.79. The van der Waals surface area contributed by atoms with Crippen molar-refractivity contribution in [2.45, 2.75) is 26.5 Å². The number of nitrogens with zero attached hydrogens (tertiary/aromatic N) is 2. The number of carbonyl (C=O) groups is 1. The lowest BCUT2D eigenvalue weighted by Crippen LogP contribution is -2.39. The Morgan fingerprint density at radius 3 is 2.51 bits per heavy atom. The molecule has 0 fully saturated rings. The van der Waals surface area contributed by atoms with Crippen LogP contribution in [0.5, 0.6) is 17.2 Å². The normalized spacial score (nSPS) is 14.3. The minimum Gasteiger partial charge on any atom is -0.490 e. The van der Waals surface area contributed by atoms with Crippen LogP contribution in [-0.2, 0) is 16.1 Å². The monoisotopic (exact) mass is 620 g/mol. The zero-order valence-corrected chi connectivity index (χ0v) is 26.0. The minimum absolute atomic E-state index is 0.242. The van der Waals surface area contributed by atoms with Crippen molar-refractivity contribution in [2.24, 2.45) is 4.99 Å². The van der Waals surface area contributed by atoms with Crippen molar-refractivity contribution in [1.29, 1.82) is 0 Å². The fraction of sp³-hybridized carbons (Fsp3) is 0.194. The standard InChI is InChI=1S/C36H32N2O6S/c1-4-42-30-17-16-25(20-31(30)43-5-2)33-29(35(40)41-3)21-37-36-38(33)34(39)32(45-36)19-23-10-8-14-27(18-23)44-22-26-13-9-12-24-11-6-7-15-28(24)26/h6-21,33H,4-5,22H2,1-3H3/b32-19+/t33-/m1/s1. The van der Waals surface area contributed by atoms with E-state index in [9.17, 15) is 9.59 Å². The molecule has 5 aromatic rings. The number of hydrogen-bond donors (Lipinski definition) is 0. The van der Waals surface area contributed by atoms with Crippen molar-refractivity contribution in [3.05, 3.63) is 133 Å². The Hall–Kier alpha value is -5.15. The number of carbonyl (C=O) groups excluding carboxylic acids is 1. The lowest BCUT2D eigenvalue weighted by molar-refractivity contribution is -0.136. The number of fused-ring (bicyclic) bond motifs is 2. The van der Waals surface area contributed by atoms with Gasteiger partial charge in [0.2, 0.25) is 0 Å². The topological polar surface area (TPSA) is 88.4 Å². The molecule has 6 rings (SSSR count). The van der Waals surface area contributed by atoms with Crippen LogP contribution in [0.15, 0.2) is 106 Å². The van der Waals surface area contributed by atoms with E-state index in [1.54, 1.807) is 12.1 Å². The molecule has 0 N–H and O–H groups in total. The molecule has 0 spiro atoms. The summed E-state index contributed by atoms with van der Waals surface area (Å²) in [5, 5.41) is 2.31. The molecule has 228 valence electrons. The zero-order valence-electron chi connectivity index (χ0n) is 25.2. The van der Waals surface area contributed by atoms with Crippen molar-refractivity contribution in [3.8, 4) is 17.2 Å². The van der Waals surface area contributed by atoms with E-state index >= 15 is 0 Å². The Labute approximate surface area is 264 Å². The Bertz CT molecular complexity index is 2090. The Morgan fingerprint density at radius 1 is 0.911 bits per heavy atom. The molecule has 0 unspecified atom stereocenters. The van der Waals surface area contributed by atoms with Gasteiger partial charge in [0, 0.05) is 6.20 Å². The van der Waals surface area contributed by atoms with Crippen LogP contribution in [0.2, 0.25) is 0 Å². The van der Waals surface area contributed by atoms with Gasteiger partial charge in [-0.1, -0.05) is 72.0 Å². The highest BCUT2D eigenvalue weighted by Crippen LogP contribution is 2.35. The number of benzene rings is 4. The minimum atomic E-state index is -0.763. The first-order chi connectivity index (χ1) is 22.0. The summed E-state index contributed by atoms with van der Waals surface area (Å²) in [6.45, 7) is 5.09. The number of methoxy groups -OCH3 is 1. The van der Waals surface area contributed by atoms with E-state index in [0.717, 1.165) is 21.9 Å². The molecule has 0 saturated carbocycles. The van der Waals surface area contributed by atoms with Gasteiger partial charge in [-0.15, -0.1) is 0 Å². The number of rotatable bonds is 10. The van der Waals surface area contributed by atoms with Crippen molar-refractivity contribution in [3.63, 3.8) is 0 Å². The van der Waals surface area contributed by atoms with E-state index in [-0.39, 0.29) is 11.1 Å². The molecule has 9 heteroatoms. The molecule has 1 aromatic heterocycles. The molecule has 1 aliphatic rings. The number of thiazole rings is 1. The van der Waals surface area contributed by atoms with Crippen LogP contribution in [-0.4, -0.2) is 30.9 Å². The highest BCUT2D eigenvalue weighted by molar-refractivity contribution is 7.07. The number of aromatic nitrogens is 1. The van der Waals surface area contributed by atoms with Gasteiger partial charge in [0.25, 0.3) is 5.56 Å². The largest absolute Gasteiger partial charge is 0.490 e. The Morgan fingerprint density at radius 2 is 1.69 bits per heavy atom. The maximum Gasteiger partial charge on any atom is 0.337 e. The van der Waals surface area contributed by atoms with E-state index < -0.39 is 12.0 Å². The molecule has 1 aliphatic heterocycles. The summed E-state index contributed by atoms with van der Waals surface area (Å²) in [6.07, 6.45) is 3.29. The molecule has 1 atom stereocenters. The molecule has 45 heavy (non-hydrogen) atoms. The highest BCUT2D eigenvalue weighted by Gasteiger charge is 2.31. The van der Waals surface area contributed by atoms with Gasteiger partial charge in [-0.25, -0.2) is 9.79 Å². The molecule has 0 amide bonds. The SMILES string of the molecule is CCOc1ccc([C@@H]2C(C(=O)OC)=CN=c3s/c(=C/c4cccc(OCc5cccc6ccccc56)c4)c(=O)n32)cc1OCC. The predicted molar refractivity (Wildman–Crippen MR) is 175 cm³/mol. The lowest BCUT2D eigenvalue weighted by atomic mass is 9.97. The van der Waals surface area contributed by atoms with Gasteiger partial charge >= 0.3 is 5.97 Å². The molecule has 4 aromatic carbocycles. The molecule has 0 saturated heterocycles. The second kappa shape index (κ2) is 13.2. The van der Waals surface area contributed by atoms with Crippen molar-refractivity contribution >= 4 is 34.2 Å². The summed E-state index contributed by atoms with van der Waals surface area (Å²) >= 11 is 1.25. The quantitative estimate of drug-likeness (QED) is 0.190. The molecular weight excluding hydrogens is 588 g/mol. The van der Waals surface area contributed by atoms with E-state index in [1.807, 2.05) is 68.5 Å². The zero-order chi connectivity index (χ0) is 31.3. The third-order valence-electron chi connectivity index (χ3n) is 7.44. The third-order valence-corrected chi connectivity index (χ3v) is 8.44. The molecule has 2 heterocycles. The van der Waals surface area contributed by atoms with Crippen LogP contribution >= 0.6 is 11.3 Å². The van der Waals surface area contributed by atoms with Crippen LogP contribution in [0.1, 0.15) is 36.6 Å². The van der Waals surface area contributed by atoms with Gasteiger partial charge in [0.05, 0.1) is 36.5 Å². The van der Waals surface area contributed by atoms with Gasteiger partial charge < -0.3 is 18.9 Å². The van der Waals surface area contributed by atoms with Crippen LogP contribution in [0.3, 0.4) is 0 Å². The molecule has 0 radical (unpaired) electrons. The van der Waals surface area contributed by atoms with Crippen molar-refractivity contribution < 1.29 is 23.7 Å². The number of esters is 1. The average molecular weight is 621 g/mol. The first-order valence-corrected chi connectivity index (χ1v) is 15.5. The van der Waals surface area contributed by atoms with Gasteiger partial charge in [-0.2, -0.15) is 0 Å². The summed E-state index contributed by atoms with van der Waals surface area (Å²) in [4.78, 5) is 31.8. The summed E-state index contributed by atoms with van der Waals surface area (Å²) in [7, 11) is 1.31. The smallest absolute Gasteiger partial charge is 0.337 e. The van der Waals surface area contributed by atoms with E-state index in [0.29, 0.717) is 52.0 Å².